The molecule has 2 aromatic carbocycles. The average Bonchev–Trinajstić information content (AvgIpc) is 2.41. The van der Waals surface area contributed by atoms with Gasteiger partial charge in [0, 0.05) is 15.8 Å². The van der Waals surface area contributed by atoms with Gasteiger partial charge in [-0.1, -0.05) is 41.4 Å². The molecular formula is C16H18BrN. The Kier molecular flexibility index (Phi) is 4.82. The van der Waals surface area contributed by atoms with E-state index in [9.17, 15) is 0 Å². The van der Waals surface area contributed by atoms with Crippen LogP contribution in [0.15, 0.2) is 53.0 Å². The summed E-state index contributed by atoms with van der Waals surface area (Å²) >= 11 is 3.44. The monoisotopic (exact) mass is 303 g/mol. The normalized spacial score (nSPS) is 10.3. The SMILES string of the molecule is CCCCc1ccc(Nc2ccc(Br)cc2)cc1. The van der Waals surface area contributed by atoms with E-state index in [1.807, 2.05) is 12.1 Å². The van der Waals surface area contributed by atoms with Crippen LogP contribution in [0.4, 0.5) is 11.4 Å². The summed E-state index contributed by atoms with van der Waals surface area (Å²) < 4.78 is 1.10. The number of aryl methyl sites for hydroxylation is 1. The van der Waals surface area contributed by atoms with Crippen LogP contribution < -0.4 is 5.32 Å². The van der Waals surface area contributed by atoms with E-state index in [1.54, 1.807) is 0 Å². The van der Waals surface area contributed by atoms with Crippen molar-refractivity contribution in [2.24, 2.45) is 0 Å². The number of hydrogen-bond donors (Lipinski definition) is 1. The lowest BCUT2D eigenvalue weighted by atomic mass is 10.1. The van der Waals surface area contributed by atoms with Crippen LogP contribution in [0, 0.1) is 0 Å². The molecule has 0 bridgehead atoms. The molecule has 94 valence electrons. The molecule has 18 heavy (non-hydrogen) atoms. The minimum absolute atomic E-state index is 1.10. The summed E-state index contributed by atoms with van der Waals surface area (Å²) in [4.78, 5) is 0. The number of anilines is 2. The van der Waals surface area contributed by atoms with Crippen molar-refractivity contribution in [3.8, 4) is 0 Å². The first kappa shape index (κ1) is 13.2. The molecule has 0 heterocycles. The predicted octanol–water partition coefficient (Wildman–Crippen LogP) is 5.54. The highest BCUT2D eigenvalue weighted by atomic mass is 79.9. The van der Waals surface area contributed by atoms with Crippen LogP contribution in [-0.4, -0.2) is 0 Å². The van der Waals surface area contributed by atoms with Crippen molar-refractivity contribution < 1.29 is 0 Å². The summed E-state index contributed by atoms with van der Waals surface area (Å²) in [7, 11) is 0. The zero-order chi connectivity index (χ0) is 12.8. The smallest absolute Gasteiger partial charge is 0.0384 e. The third-order valence-electron chi connectivity index (χ3n) is 2.91. The summed E-state index contributed by atoms with van der Waals surface area (Å²) in [5.41, 5.74) is 3.66. The second kappa shape index (κ2) is 6.60. The van der Waals surface area contributed by atoms with Crippen LogP contribution >= 0.6 is 15.9 Å². The average molecular weight is 304 g/mol. The lowest BCUT2D eigenvalue weighted by Crippen LogP contribution is -1.91. The zero-order valence-corrected chi connectivity index (χ0v) is 12.2. The first-order chi connectivity index (χ1) is 8.78. The maximum atomic E-state index is 3.44. The van der Waals surface area contributed by atoms with Crippen molar-refractivity contribution in [2.45, 2.75) is 26.2 Å². The van der Waals surface area contributed by atoms with Crippen molar-refractivity contribution in [3.63, 3.8) is 0 Å². The number of benzene rings is 2. The molecule has 0 aromatic heterocycles. The number of halogens is 1. The summed E-state index contributed by atoms with van der Waals surface area (Å²) in [6.45, 7) is 2.23. The molecule has 0 saturated heterocycles. The molecule has 0 radical (unpaired) electrons. The molecule has 0 amide bonds. The molecule has 0 aliphatic rings. The van der Waals surface area contributed by atoms with Gasteiger partial charge in [-0.25, -0.2) is 0 Å². The number of nitrogens with one attached hydrogen (secondary N) is 1. The number of hydrogen-bond acceptors (Lipinski definition) is 1. The van der Waals surface area contributed by atoms with Crippen molar-refractivity contribution >= 4 is 27.3 Å². The quantitative estimate of drug-likeness (QED) is 0.765. The van der Waals surface area contributed by atoms with Crippen LogP contribution in [0.5, 0.6) is 0 Å². The van der Waals surface area contributed by atoms with E-state index >= 15 is 0 Å². The molecule has 1 nitrogen and oxygen atoms in total. The molecule has 0 unspecified atom stereocenters. The summed E-state index contributed by atoms with van der Waals surface area (Å²) in [6.07, 6.45) is 3.69. The van der Waals surface area contributed by atoms with E-state index in [2.05, 4.69) is 64.6 Å². The van der Waals surface area contributed by atoms with Crippen molar-refractivity contribution in [1.82, 2.24) is 0 Å². The lowest BCUT2D eigenvalue weighted by molar-refractivity contribution is 0.795. The van der Waals surface area contributed by atoms with Gasteiger partial charge in [-0.3, -0.25) is 0 Å². The second-order valence-corrected chi connectivity index (χ2v) is 5.35. The minimum Gasteiger partial charge on any atom is -0.356 e. The molecule has 0 atom stereocenters. The van der Waals surface area contributed by atoms with E-state index in [0.29, 0.717) is 0 Å². The van der Waals surface area contributed by atoms with Gasteiger partial charge in [0.05, 0.1) is 0 Å². The van der Waals surface area contributed by atoms with Crippen LogP contribution in [0.3, 0.4) is 0 Å². The Balaban J connectivity index is 1.99. The third-order valence-corrected chi connectivity index (χ3v) is 3.43. The van der Waals surface area contributed by atoms with E-state index < -0.39 is 0 Å². The maximum absolute atomic E-state index is 3.44. The minimum atomic E-state index is 1.10. The van der Waals surface area contributed by atoms with Gasteiger partial charge in [0.1, 0.15) is 0 Å². The van der Waals surface area contributed by atoms with Gasteiger partial charge in [0.25, 0.3) is 0 Å². The maximum Gasteiger partial charge on any atom is 0.0384 e. The summed E-state index contributed by atoms with van der Waals surface area (Å²) in [5.74, 6) is 0. The van der Waals surface area contributed by atoms with Crippen LogP contribution in [0.2, 0.25) is 0 Å². The molecule has 0 fully saturated rings. The van der Waals surface area contributed by atoms with Gasteiger partial charge < -0.3 is 5.32 Å². The molecule has 2 heteroatoms. The second-order valence-electron chi connectivity index (χ2n) is 4.43. The first-order valence-corrected chi connectivity index (χ1v) is 7.19. The Morgan fingerprint density at radius 3 is 2.00 bits per heavy atom. The Bertz CT molecular complexity index is 473. The third kappa shape index (κ3) is 3.88. The molecule has 0 aliphatic carbocycles. The number of rotatable bonds is 5. The Hall–Kier alpha value is -1.28. The van der Waals surface area contributed by atoms with E-state index in [4.69, 9.17) is 0 Å². The Morgan fingerprint density at radius 2 is 1.44 bits per heavy atom. The summed E-state index contributed by atoms with van der Waals surface area (Å²) in [5, 5.41) is 3.39. The highest BCUT2D eigenvalue weighted by molar-refractivity contribution is 9.10. The van der Waals surface area contributed by atoms with Gasteiger partial charge >= 0.3 is 0 Å². The van der Waals surface area contributed by atoms with Crippen LogP contribution in [0.25, 0.3) is 0 Å². The van der Waals surface area contributed by atoms with Gasteiger partial charge in [-0.15, -0.1) is 0 Å². The van der Waals surface area contributed by atoms with Gasteiger partial charge in [-0.2, -0.15) is 0 Å². The fourth-order valence-electron chi connectivity index (χ4n) is 1.84. The molecule has 0 aliphatic heterocycles. The number of unbranched alkanes of at least 4 members (excludes halogenated alkanes) is 1. The topological polar surface area (TPSA) is 12.0 Å². The van der Waals surface area contributed by atoms with Gasteiger partial charge in [0.15, 0.2) is 0 Å². The van der Waals surface area contributed by atoms with Gasteiger partial charge in [0.2, 0.25) is 0 Å². The lowest BCUT2D eigenvalue weighted by Gasteiger charge is -2.07. The van der Waals surface area contributed by atoms with E-state index in [0.717, 1.165) is 15.8 Å². The highest BCUT2D eigenvalue weighted by Gasteiger charge is 1.96. The van der Waals surface area contributed by atoms with Crippen molar-refractivity contribution in [2.75, 3.05) is 5.32 Å². The fraction of sp³-hybridized carbons (Fsp3) is 0.250. The molecule has 2 aromatic rings. The van der Waals surface area contributed by atoms with Crippen molar-refractivity contribution in [3.05, 3.63) is 58.6 Å². The van der Waals surface area contributed by atoms with Crippen molar-refractivity contribution in [1.29, 1.82) is 0 Å². The Morgan fingerprint density at radius 1 is 0.889 bits per heavy atom. The fourth-order valence-corrected chi connectivity index (χ4v) is 2.10. The standard InChI is InChI=1S/C16H18BrN/c1-2-3-4-13-5-9-15(10-6-13)18-16-11-7-14(17)8-12-16/h5-12,18H,2-4H2,1H3. The molecule has 0 spiro atoms. The summed E-state index contributed by atoms with van der Waals surface area (Å²) in [6, 6.07) is 16.9. The van der Waals surface area contributed by atoms with E-state index in [-0.39, 0.29) is 0 Å². The highest BCUT2D eigenvalue weighted by Crippen LogP contribution is 2.20. The molecular weight excluding hydrogens is 286 g/mol. The largest absolute Gasteiger partial charge is 0.356 e. The van der Waals surface area contributed by atoms with Crippen LogP contribution in [0.1, 0.15) is 25.3 Å². The van der Waals surface area contributed by atoms with E-state index in [1.165, 1.54) is 24.8 Å². The Labute approximate surface area is 117 Å². The van der Waals surface area contributed by atoms with Crippen LogP contribution in [-0.2, 0) is 6.42 Å². The zero-order valence-electron chi connectivity index (χ0n) is 10.6. The molecule has 1 N–H and O–H groups in total. The molecule has 0 saturated carbocycles. The predicted molar refractivity (Wildman–Crippen MR) is 82.5 cm³/mol. The van der Waals surface area contributed by atoms with Gasteiger partial charge in [-0.05, 0) is 54.8 Å². The first-order valence-electron chi connectivity index (χ1n) is 6.39. The molecule has 2 rings (SSSR count).